The molecule has 194 valence electrons. The first-order valence-electron chi connectivity index (χ1n) is 14.4. The molecule has 1 heterocycles. The molecule has 0 saturated carbocycles. The van der Waals surface area contributed by atoms with E-state index in [-0.39, 0.29) is 23.6 Å². The second-order valence-corrected chi connectivity index (χ2v) is 11.2. The number of hydrogen-bond acceptors (Lipinski definition) is 3. The highest BCUT2D eigenvalue weighted by atomic mass is 16.5. The topological polar surface area (TPSA) is 35.5 Å². The maximum absolute atomic E-state index is 11.6. The average Bonchev–Trinajstić information content (AvgIpc) is 2.80. The van der Waals surface area contributed by atoms with Gasteiger partial charge in [0.05, 0.1) is 6.92 Å². The van der Waals surface area contributed by atoms with Gasteiger partial charge in [-0.25, -0.2) is 0 Å². The van der Waals surface area contributed by atoms with E-state index in [0.717, 1.165) is 36.2 Å². The first kappa shape index (κ1) is 28.9. The van der Waals surface area contributed by atoms with Gasteiger partial charge in [-0.1, -0.05) is 90.4 Å². The monoisotopic (exact) mass is 473 g/mol. The van der Waals surface area contributed by atoms with Crippen LogP contribution in [0.25, 0.3) is 0 Å². The summed E-state index contributed by atoms with van der Waals surface area (Å²) in [5, 5.41) is 0. The van der Waals surface area contributed by atoms with Crippen molar-refractivity contribution in [3.63, 3.8) is 0 Å². The van der Waals surface area contributed by atoms with Crippen LogP contribution in [-0.2, 0) is 14.3 Å². The van der Waals surface area contributed by atoms with Crippen molar-refractivity contribution in [2.45, 2.75) is 155 Å². The molecule has 3 atom stereocenters. The molecule has 0 fully saturated rings. The lowest BCUT2D eigenvalue weighted by Gasteiger charge is -2.41. The number of ether oxygens (including phenoxy) is 2. The molecule has 0 N–H and O–H groups in total. The van der Waals surface area contributed by atoms with Gasteiger partial charge in [0.15, 0.2) is 12.0 Å². The first-order valence-corrected chi connectivity index (χ1v) is 14.4. The van der Waals surface area contributed by atoms with Crippen molar-refractivity contribution in [1.82, 2.24) is 0 Å². The molecule has 0 aromatic carbocycles. The molecule has 0 amide bonds. The average molecular weight is 474 g/mol. The zero-order valence-corrected chi connectivity index (χ0v) is 23.1. The fraction of sp³-hybridized carbons (Fsp3) is 0.806. The summed E-state index contributed by atoms with van der Waals surface area (Å²) in [6.45, 7) is 14.5. The maximum atomic E-state index is 11.6. The molecule has 1 aliphatic carbocycles. The second kappa shape index (κ2) is 14.9. The van der Waals surface area contributed by atoms with Crippen molar-refractivity contribution >= 4 is 5.97 Å². The van der Waals surface area contributed by atoms with E-state index in [1.54, 1.807) is 0 Å². The van der Waals surface area contributed by atoms with E-state index in [9.17, 15) is 4.79 Å². The smallest absolute Gasteiger partial charge is 0.303 e. The minimum absolute atomic E-state index is 0.0480. The van der Waals surface area contributed by atoms with E-state index in [1.807, 2.05) is 6.92 Å². The lowest BCUT2D eigenvalue weighted by atomic mass is 9.76. The molecule has 3 heteroatoms. The highest BCUT2D eigenvalue weighted by molar-refractivity contribution is 5.67. The van der Waals surface area contributed by atoms with Gasteiger partial charge in [0.1, 0.15) is 11.4 Å². The predicted molar refractivity (Wildman–Crippen MR) is 143 cm³/mol. The highest BCUT2D eigenvalue weighted by Crippen LogP contribution is 2.46. The Morgan fingerprint density at radius 1 is 0.941 bits per heavy atom. The summed E-state index contributed by atoms with van der Waals surface area (Å²) in [6.07, 6.45) is 22.3. The molecular formula is C31H53O3+. The lowest BCUT2D eigenvalue weighted by Crippen LogP contribution is -2.39. The number of allylic oxidation sites excluding steroid dienone is 1. The van der Waals surface area contributed by atoms with E-state index in [0.29, 0.717) is 0 Å². The number of carbonyl (C=O) groups is 1. The van der Waals surface area contributed by atoms with Gasteiger partial charge in [0.2, 0.25) is 0 Å². The molecule has 0 radical (unpaired) electrons. The molecule has 0 spiro atoms. The van der Waals surface area contributed by atoms with Crippen LogP contribution < -0.4 is 0 Å². The highest BCUT2D eigenvalue weighted by Gasteiger charge is 2.44. The summed E-state index contributed by atoms with van der Waals surface area (Å²) < 4.78 is 12.2. The Morgan fingerprint density at radius 3 is 1.94 bits per heavy atom. The normalized spacial score (nSPS) is 24.7. The van der Waals surface area contributed by atoms with Crippen LogP contribution in [0.5, 0.6) is 0 Å². The molecule has 0 bridgehead atoms. The summed E-state index contributed by atoms with van der Waals surface area (Å²) in [5.74, 6) is 0.738. The van der Waals surface area contributed by atoms with Gasteiger partial charge in [-0.05, 0) is 57.6 Å². The molecule has 0 aromatic rings. The minimum atomic E-state index is -0.255. The predicted octanol–water partition coefficient (Wildman–Crippen LogP) is 9.41. The van der Waals surface area contributed by atoms with Crippen LogP contribution in [0.3, 0.4) is 0 Å². The van der Waals surface area contributed by atoms with Crippen molar-refractivity contribution in [2.24, 2.45) is 5.92 Å². The summed E-state index contributed by atoms with van der Waals surface area (Å²) >= 11 is 0. The second-order valence-electron chi connectivity index (χ2n) is 11.2. The number of unbranched alkanes of at least 4 members (excludes halogenated alkanes) is 13. The number of carbonyl (C=O) groups excluding carboxylic acids is 1. The fourth-order valence-electron chi connectivity index (χ4n) is 5.64. The van der Waals surface area contributed by atoms with E-state index in [2.05, 4.69) is 27.7 Å². The van der Waals surface area contributed by atoms with Crippen molar-refractivity contribution in [3.05, 3.63) is 29.4 Å². The van der Waals surface area contributed by atoms with Crippen LogP contribution in [-0.4, -0.2) is 17.7 Å². The SMILES string of the molecule is [CH2+]C1C2=C(OC(C)(CCCCCCCCCCCCCCCC)CC2)C(C)=C(C)C1OC(C)=O. The molecule has 2 aliphatic rings. The molecule has 34 heavy (non-hydrogen) atoms. The van der Waals surface area contributed by atoms with E-state index < -0.39 is 0 Å². The molecule has 1 aliphatic heterocycles. The van der Waals surface area contributed by atoms with Gasteiger partial charge in [0.25, 0.3) is 0 Å². The van der Waals surface area contributed by atoms with Gasteiger partial charge in [-0.15, -0.1) is 0 Å². The number of esters is 1. The Morgan fingerprint density at radius 2 is 1.44 bits per heavy atom. The first-order chi connectivity index (χ1) is 16.3. The van der Waals surface area contributed by atoms with Crippen LogP contribution in [0.1, 0.15) is 144 Å². The Bertz CT molecular complexity index is 689. The summed E-state index contributed by atoms with van der Waals surface area (Å²) in [5.41, 5.74) is 3.35. The van der Waals surface area contributed by atoms with Crippen LogP contribution in [0.4, 0.5) is 0 Å². The molecule has 2 rings (SSSR count). The Labute approximate surface area is 211 Å². The molecule has 0 saturated heterocycles. The molecule has 3 nitrogen and oxygen atoms in total. The van der Waals surface area contributed by atoms with Crippen LogP contribution in [0.15, 0.2) is 22.5 Å². The largest absolute Gasteiger partial charge is 0.487 e. The van der Waals surface area contributed by atoms with Gasteiger partial charge >= 0.3 is 5.97 Å². The van der Waals surface area contributed by atoms with Gasteiger partial charge in [-0.2, -0.15) is 0 Å². The molecule has 3 unspecified atom stereocenters. The summed E-state index contributed by atoms with van der Waals surface area (Å²) in [7, 11) is 0. The summed E-state index contributed by atoms with van der Waals surface area (Å²) in [4.78, 5) is 11.6. The summed E-state index contributed by atoms with van der Waals surface area (Å²) in [6, 6.07) is 0. The maximum Gasteiger partial charge on any atom is 0.303 e. The number of rotatable bonds is 16. The number of hydrogen-bond donors (Lipinski definition) is 0. The fourth-order valence-corrected chi connectivity index (χ4v) is 5.64. The van der Waals surface area contributed by atoms with Gasteiger partial charge < -0.3 is 9.47 Å². The van der Waals surface area contributed by atoms with Gasteiger partial charge in [0, 0.05) is 12.5 Å². The van der Waals surface area contributed by atoms with Crippen molar-refractivity contribution in [3.8, 4) is 0 Å². The van der Waals surface area contributed by atoms with Crippen LogP contribution in [0.2, 0.25) is 0 Å². The van der Waals surface area contributed by atoms with Crippen molar-refractivity contribution in [1.29, 1.82) is 0 Å². The third-order valence-electron chi connectivity index (χ3n) is 8.09. The minimum Gasteiger partial charge on any atom is -0.487 e. The lowest BCUT2D eigenvalue weighted by molar-refractivity contribution is -0.146. The third-order valence-corrected chi connectivity index (χ3v) is 8.09. The van der Waals surface area contributed by atoms with E-state index >= 15 is 0 Å². The van der Waals surface area contributed by atoms with Crippen molar-refractivity contribution in [2.75, 3.05) is 0 Å². The van der Waals surface area contributed by atoms with E-state index in [1.165, 1.54) is 102 Å². The van der Waals surface area contributed by atoms with Gasteiger partial charge in [-0.3, -0.25) is 4.79 Å². The zero-order valence-electron chi connectivity index (χ0n) is 23.1. The molecule has 0 aromatic heterocycles. The van der Waals surface area contributed by atoms with E-state index in [4.69, 9.17) is 9.47 Å². The Hall–Kier alpha value is -1.38. The zero-order chi connectivity index (χ0) is 25.0. The third kappa shape index (κ3) is 9.00. The quantitative estimate of drug-likeness (QED) is 0.127. The molecular weight excluding hydrogens is 420 g/mol. The van der Waals surface area contributed by atoms with Crippen LogP contribution in [0, 0.1) is 12.8 Å². The Kier molecular flexibility index (Phi) is 12.6. The van der Waals surface area contributed by atoms with Crippen molar-refractivity contribution < 1.29 is 14.3 Å². The standard InChI is InChI=1S/C31H53O3/c1-7-8-9-10-11-12-13-14-15-16-17-18-19-20-22-31(6)23-21-28-26(4)29(33-27(5)32)24(2)25(3)30(28)34-31/h26,29H,4,7-23H2,1-3,5-6H3/q+1. The van der Waals surface area contributed by atoms with Crippen LogP contribution >= 0.6 is 0 Å². The Balaban J connectivity index is 1.62.